The zero-order chi connectivity index (χ0) is 22.0. The van der Waals surface area contributed by atoms with Crippen molar-refractivity contribution in [2.75, 3.05) is 11.9 Å². The second-order valence-electron chi connectivity index (χ2n) is 7.22. The largest absolute Gasteiger partial charge is 0.464 e. The van der Waals surface area contributed by atoms with Crippen molar-refractivity contribution in [3.8, 4) is 0 Å². The first-order chi connectivity index (χ1) is 15.0. The maximum atomic E-state index is 12.7. The third-order valence-electron chi connectivity index (χ3n) is 4.89. The van der Waals surface area contributed by atoms with E-state index in [0.29, 0.717) is 23.3 Å². The molecule has 4 aromatic rings. The van der Waals surface area contributed by atoms with E-state index in [2.05, 4.69) is 20.3 Å². The third-order valence-corrected chi connectivity index (χ3v) is 4.89. The lowest BCUT2D eigenvalue weighted by Gasteiger charge is -2.13. The van der Waals surface area contributed by atoms with Gasteiger partial charge in [-0.1, -0.05) is 19.4 Å². The van der Waals surface area contributed by atoms with E-state index in [9.17, 15) is 9.59 Å². The Bertz CT molecular complexity index is 1260. The molecule has 0 spiro atoms. The molecular weight excluding hydrogens is 398 g/mol. The van der Waals surface area contributed by atoms with Crippen molar-refractivity contribution in [1.82, 2.24) is 15.0 Å². The number of esters is 1. The highest BCUT2D eigenvalue weighted by Gasteiger charge is 2.23. The van der Waals surface area contributed by atoms with E-state index in [1.54, 1.807) is 12.5 Å². The van der Waals surface area contributed by atoms with E-state index in [4.69, 9.17) is 14.9 Å². The molecule has 0 radical (unpaired) electrons. The number of fused-ring (bicyclic) bond motifs is 2. The number of nitrogens with zero attached hydrogens (tertiary/aromatic N) is 2. The normalized spacial score (nSPS) is 12.2. The van der Waals surface area contributed by atoms with E-state index in [0.717, 1.165) is 29.4 Å². The van der Waals surface area contributed by atoms with Crippen molar-refractivity contribution >= 4 is 39.6 Å². The van der Waals surface area contributed by atoms with Crippen LogP contribution in [0.4, 0.5) is 5.69 Å². The number of amides is 1. The minimum atomic E-state index is -0.703. The molecule has 9 heteroatoms. The number of rotatable bonds is 7. The molecule has 160 valence electrons. The SMILES string of the molecule is CCCCOC(=O)c1nc(C(N)c2ccc3occc3c2)nc2c(NC(C)=O)c[nH]c12. The summed E-state index contributed by atoms with van der Waals surface area (Å²) in [6.45, 7) is 3.70. The number of H-pyrrole nitrogens is 1. The minimum absolute atomic E-state index is 0.0764. The molecule has 4 rings (SSSR count). The number of anilines is 1. The molecule has 0 aliphatic carbocycles. The highest BCUT2D eigenvalue weighted by atomic mass is 16.5. The molecule has 0 fully saturated rings. The van der Waals surface area contributed by atoms with Crippen LogP contribution >= 0.6 is 0 Å². The number of hydrogen-bond acceptors (Lipinski definition) is 7. The van der Waals surface area contributed by atoms with Crippen LogP contribution < -0.4 is 11.1 Å². The van der Waals surface area contributed by atoms with Gasteiger partial charge in [0.2, 0.25) is 5.91 Å². The Kier molecular flexibility index (Phi) is 5.68. The number of carbonyl (C=O) groups is 2. The van der Waals surface area contributed by atoms with Crippen molar-refractivity contribution in [2.45, 2.75) is 32.7 Å². The molecule has 1 aromatic carbocycles. The summed E-state index contributed by atoms with van der Waals surface area (Å²) in [6, 6.07) is 6.68. The topological polar surface area (TPSA) is 136 Å². The summed E-state index contributed by atoms with van der Waals surface area (Å²) in [5, 5.41) is 3.60. The first-order valence-corrected chi connectivity index (χ1v) is 10.0. The number of nitrogens with two attached hydrogens (primary N) is 1. The van der Waals surface area contributed by atoms with Gasteiger partial charge in [0.1, 0.15) is 16.6 Å². The Labute approximate surface area is 178 Å². The highest BCUT2D eigenvalue weighted by molar-refractivity contribution is 6.06. The molecular formula is C22H23N5O4. The summed E-state index contributed by atoms with van der Waals surface area (Å²) >= 11 is 0. The van der Waals surface area contributed by atoms with Gasteiger partial charge < -0.3 is 25.2 Å². The molecule has 9 nitrogen and oxygen atoms in total. The first-order valence-electron chi connectivity index (χ1n) is 10.0. The van der Waals surface area contributed by atoms with Gasteiger partial charge in [-0.15, -0.1) is 0 Å². The molecule has 0 saturated heterocycles. The number of aromatic nitrogens is 3. The Balaban J connectivity index is 1.79. The minimum Gasteiger partial charge on any atom is -0.464 e. The Hall–Kier alpha value is -3.72. The number of nitrogens with one attached hydrogen (secondary N) is 2. The summed E-state index contributed by atoms with van der Waals surface area (Å²) in [5.74, 6) is -0.595. The average molecular weight is 421 g/mol. The Morgan fingerprint density at radius 2 is 2.13 bits per heavy atom. The number of furan rings is 1. The molecule has 3 aromatic heterocycles. The molecule has 3 heterocycles. The van der Waals surface area contributed by atoms with Gasteiger partial charge in [0.15, 0.2) is 11.5 Å². The van der Waals surface area contributed by atoms with Crippen LogP contribution in [-0.4, -0.2) is 33.4 Å². The number of benzene rings is 1. The van der Waals surface area contributed by atoms with Crippen LogP contribution in [0.3, 0.4) is 0 Å². The lowest BCUT2D eigenvalue weighted by Crippen LogP contribution is -2.19. The lowest BCUT2D eigenvalue weighted by atomic mass is 10.0. The fourth-order valence-corrected chi connectivity index (χ4v) is 3.30. The zero-order valence-electron chi connectivity index (χ0n) is 17.3. The molecule has 0 saturated carbocycles. The van der Waals surface area contributed by atoms with Crippen LogP contribution in [0, 0.1) is 0 Å². The fraction of sp³-hybridized carbons (Fsp3) is 0.273. The van der Waals surface area contributed by atoms with Crippen molar-refractivity contribution in [2.24, 2.45) is 5.73 Å². The average Bonchev–Trinajstić information content (AvgIpc) is 3.38. The standard InChI is InChI=1S/C22H23N5O4/c1-3-4-8-31-22(29)20-19-18(15(11-24-19)25-12(2)28)26-21(27-20)17(23)14-5-6-16-13(10-14)7-9-30-16/h5-7,9-11,17,24H,3-4,8,23H2,1-2H3,(H,25,28). The van der Waals surface area contributed by atoms with Gasteiger partial charge in [0, 0.05) is 18.5 Å². The second-order valence-corrected chi connectivity index (χ2v) is 7.22. The molecule has 1 amide bonds. The van der Waals surface area contributed by atoms with Gasteiger partial charge in [-0.2, -0.15) is 0 Å². The molecule has 1 atom stereocenters. The molecule has 0 aliphatic heterocycles. The summed E-state index contributed by atoms with van der Waals surface area (Å²) in [6.07, 6.45) is 4.82. The molecule has 4 N–H and O–H groups in total. The number of carbonyl (C=O) groups excluding carboxylic acids is 2. The summed E-state index contributed by atoms with van der Waals surface area (Å²) in [5.41, 5.74) is 9.26. The van der Waals surface area contributed by atoms with Gasteiger partial charge in [0.25, 0.3) is 0 Å². The van der Waals surface area contributed by atoms with E-state index >= 15 is 0 Å². The predicted octanol–water partition coefficient (Wildman–Crippen LogP) is 3.67. The number of aromatic amines is 1. The van der Waals surface area contributed by atoms with Gasteiger partial charge in [-0.25, -0.2) is 14.8 Å². The third kappa shape index (κ3) is 4.13. The first kappa shape index (κ1) is 20.5. The van der Waals surface area contributed by atoms with Crippen LogP contribution in [-0.2, 0) is 9.53 Å². The highest BCUT2D eigenvalue weighted by Crippen LogP contribution is 2.28. The number of unbranched alkanes of at least 4 members (excludes halogenated alkanes) is 1. The van der Waals surface area contributed by atoms with Crippen LogP contribution in [0.5, 0.6) is 0 Å². The maximum absolute atomic E-state index is 12.7. The summed E-state index contributed by atoms with van der Waals surface area (Å²) < 4.78 is 10.7. The summed E-state index contributed by atoms with van der Waals surface area (Å²) in [7, 11) is 0. The van der Waals surface area contributed by atoms with E-state index in [1.807, 2.05) is 31.2 Å². The summed E-state index contributed by atoms with van der Waals surface area (Å²) in [4.78, 5) is 36.3. The van der Waals surface area contributed by atoms with Gasteiger partial charge in [0.05, 0.1) is 24.6 Å². The Morgan fingerprint density at radius 3 is 2.90 bits per heavy atom. The van der Waals surface area contributed by atoms with Crippen molar-refractivity contribution in [3.63, 3.8) is 0 Å². The Morgan fingerprint density at radius 1 is 1.29 bits per heavy atom. The smallest absolute Gasteiger partial charge is 0.359 e. The molecule has 31 heavy (non-hydrogen) atoms. The number of ether oxygens (including phenoxy) is 1. The van der Waals surface area contributed by atoms with Crippen molar-refractivity contribution in [1.29, 1.82) is 0 Å². The van der Waals surface area contributed by atoms with Crippen LogP contribution in [0.25, 0.3) is 22.0 Å². The quantitative estimate of drug-likeness (QED) is 0.306. The molecule has 0 aliphatic rings. The zero-order valence-corrected chi connectivity index (χ0v) is 17.3. The number of hydrogen-bond donors (Lipinski definition) is 3. The van der Waals surface area contributed by atoms with E-state index in [1.165, 1.54) is 6.92 Å². The predicted molar refractivity (Wildman–Crippen MR) is 116 cm³/mol. The maximum Gasteiger partial charge on any atom is 0.359 e. The molecule has 0 bridgehead atoms. The molecule has 1 unspecified atom stereocenters. The van der Waals surface area contributed by atoms with Crippen molar-refractivity contribution in [3.05, 3.63) is 53.8 Å². The van der Waals surface area contributed by atoms with E-state index in [-0.39, 0.29) is 17.4 Å². The van der Waals surface area contributed by atoms with E-state index < -0.39 is 12.0 Å². The van der Waals surface area contributed by atoms with Crippen LogP contribution in [0.1, 0.15) is 54.6 Å². The van der Waals surface area contributed by atoms with Gasteiger partial charge in [-0.3, -0.25) is 4.79 Å². The van der Waals surface area contributed by atoms with Gasteiger partial charge >= 0.3 is 5.97 Å². The van der Waals surface area contributed by atoms with Crippen LogP contribution in [0.15, 0.2) is 41.1 Å². The monoisotopic (exact) mass is 421 g/mol. The lowest BCUT2D eigenvalue weighted by molar-refractivity contribution is -0.114. The van der Waals surface area contributed by atoms with Crippen molar-refractivity contribution < 1.29 is 18.7 Å². The van der Waals surface area contributed by atoms with Crippen LogP contribution in [0.2, 0.25) is 0 Å². The fourth-order valence-electron chi connectivity index (χ4n) is 3.30. The second kappa shape index (κ2) is 8.57. The van der Waals surface area contributed by atoms with Gasteiger partial charge in [-0.05, 0) is 30.2 Å².